The number of nitrogens with zero attached hydrogens (tertiary/aromatic N) is 1. The maximum atomic E-state index is 5.92. The second-order valence-corrected chi connectivity index (χ2v) is 7.66. The van der Waals surface area contributed by atoms with Gasteiger partial charge < -0.3 is 9.64 Å². The third-order valence-electron chi connectivity index (χ3n) is 5.64. The van der Waals surface area contributed by atoms with Crippen molar-refractivity contribution >= 4 is 12.4 Å². The molecule has 0 radical (unpaired) electrons. The van der Waals surface area contributed by atoms with Crippen molar-refractivity contribution in [3.05, 3.63) is 101 Å². The van der Waals surface area contributed by atoms with Crippen LogP contribution in [0.4, 0.5) is 0 Å². The number of halogens is 1. The smallest absolute Gasteiger partial charge is 0.119 e. The SMILES string of the molecule is CN(C)[C@@H]1Cc2ccccc2[C@H]1Cc1ccc(OCc2ccccc2)cc1.Cl. The predicted molar refractivity (Wildman–Crippen MR) is 119 cm³/mol. The Labute approximate surface area is 174 Å². The van der Waals surface area contributed by atoms with E-state index >= 15 is 0 Å². The predicted octanol–water partition coefficient (Wildman–Crippen LogP) is 5.50. The van der Waals surface area contributed by atoms with Gasteiger partial charge in [0.05, 0.1) is 0 Å². The summed E-state index contributed by atoms with van der Waals surface area (Å²) in [6.45, 7) is 0.610. The molecular formula is C25H28ClNO. The fourth-order valence-corrected chi connectivity index (χ4v) is 4.16. The van der Waals surface area contributed by atoms with Crippen LogP contribution in [0.25, 0.3) is 0 Å². The van der Waals surface area contributed by atoms with Crippen molar-refractivity contribution in [2.24, 2.45) is 0 Å². The standard InChI is InChI=1S/C25H27NO.ClH/c1-26(2)25-17-21-10-6-7-11-23(21)24(25)16-19-12-14-22(15-13-19)27-18-20-8-4-3-5-9-20;/h3-15,24-25H,16-18H2,1-2H3;1H/t24-,25-;/m1./s1. The highest BCUT2D eigenvalue weighted by molar-refractivity contribution is 5.85. The Morgan fingerprint density at radius 3 is 2.21 bits per heavy atom. The number of hydrogen-bond donors (Lipinski definition) is 0. The largest absolute Gasteiger partial charge is 0.489 e. The van der Waals surface area contributed by atoms with E-state index in [1.165, 1.54) is 22.3 Å². The maximum absolute atomic E-state index is 5.92. The highest BCUT2D eigenvalue weighted by Gasteiger charge is 2.33. The number of ether oxygens (including phenoxy) is 1. The summed E-state index contributed by atoms with van der Waals surface area (Å²) in [4.78, 5) is 2.38. The summed E-state index contributed by atoms with van der Waals surface area (Å²) in [6.07, 6.45) is 2.21. The molecule has 0 saturated carbocycles. The van der Waals surface area contributed by atoms with Crippen molar-refractivity contribution in [1.82, 2.24) is 4.90 Å². The van der Waals surface area contributed by atoms with Crippen LogP contribution in [0.15, 0.2) is 78.9 Å². The minimum atomic E-state index is 0. The molecule has 0 aromatic heterocycles. The van der Waals surface area contributed by atoms with E-state index in [0.717, 1.165) is 18.6 Å². The van der Waals surface area contributed by atoms with Crippen molar-refractivity contribution in [3.63, 3.8) is 0 Å². The average molecular weight is 394 g/mol. The van der Waals surface area contributed by atoms with Gasteiger partial charge in [-0.05, 0) is 61.3 Å². The molecule has 146 valence electrons. The van der Waals surface area contributed by atoms with Crippen molar-refractivity contribution in [2.45, 2.75) is 31.4 Å². The third kappa shape index (κ3) is 4.57. The third-order valence-corrected chi connectivity index (χ3v) is 5.64. The average Bonchev–Trinajstić information content (AvgIpc) is 3.07. The van der Waals surface area contributed by atoms with Gasteiger partial charge in [-0.3, -0.25) is 0 Å². The van der Waals surface area contributed by atoms with Crippen LogP contribution in [0.3, 0.4) is 0 Å². The molecule has 3 aromatic carbocycles. The topological polar surface area (TPSA) is 12.5 Å². The van der Waals surface area contributed by atoms with Crippen molar-refractivity contribution in [1.29, 1.82) is 0 Å². The first-order valence-electron chi connectivity index (χ1n) is 9.70. The van der Waals surface area contributed by atoms with Crippen LogP contribution in [-0.4, -0.2) is 25.0 Å². The lowest BCUT2D eigenvalue weighted by molar-refractivity contribution is 0.265. The van der Waals surface area contributed by atoms with Crippen LogP contribution in [0, 0.1) is 0 Å². The molecule has 0 unspecified atom stereocenters. The molecule has 1 aliphatic rings. The van der Waals surface area contributed by atoms with Gasteiger partial charge in [0.25, 0.3) is 0 Å². The van der Waals surface area contributed by atoms with Gasteiger partial charge in [0.2, 0.25) is 0 Å². The molecule has 3 heteroatoms. The van der Waals surface area contributed by atoms with Crippen molar-refractivity contribution < 1.29 is 4.74 Å². The van der Waals surface area contributed by atoms with E-state index in [2.05, 4.69) is 79.7 Å². The second kappa shape index (κ2) is 9.27. The Kier molecular flexibility index (Phi) is 6.77. The Morgan fingerprint density at radius 2 is 1.50 bits per heavy atom. The molecule has 0 aliphatic heterocycles. The summed E-state index contributed by atoms with van der Waals surface area (Å²) in [5, 5.41) is 0. The zero-order valence-corrected chi connectivity index (χ0v) is 17.4. The number of likely N-dealkylation sites (N-methyl/N-ethyl adjacent to an activating group) is 1. The number of fused-ring (bicyclic) bond motifs is 1. The molecule has 0 heterocycles. The molecule has 0 amide bonds. The van der Waals surface area contributed by atoms with Gasteiger partial charge in [0.15, 0.2) is 0 Å². The summed E-state index contributed by atoms with van der Waals surface area (Å²) >= 11 is 0. The maximum Gasteiger partial charge on any atom is 0.119 e. The number of benzene rings is 3. The van der Waals surface area contributed by atoms with E-state index < -0.39 is 0 Å². The fourth-order valence-electron chi connectivity index (χ4n) is 4.16. The Hall–Kier alpha value is -2.29. The fraction of sp³-hybridized carbons (Fsp3) is 0.280. The lowest BCUT2D eigenvalue weighted by Gasteiger charge is -2.27. The molecule has 2 atom stereocenters. The first kappa shape index (κ1) is 20.4. The molecule has 0 N–H and O–H groups in total. The Balaban J connectivity index is 0.00000225. The van der Waals surface area contributed by atoms with Gasteiger partial charge in [0.1, 0.15) is 12.4 Å². The summed E-state index contributed by atoms with van der Waals surface area (Å²) in [5.74, 6) is 1.48. The van der Waals surface area contributed by atoms with Crippen molar-refractivity contribution in [2.75, 3.05) is 14.1 Å². The highest BCUT2D eigenvalue weighted by Crippen LogP contribution is 2.38. The van der Waals surface area contributed by atoms with E-state index in [9.17, 15) is 0 Å². The van der Waals surface area contributed by atoms with Crippen LogP contribution >= 0.6 is 12.4 Å². The first-order valence-corrected chi connectivity index (χ1v) is 9.70. The van der Waals surface area contributed by atoms with Gasteiger partial charge in [0, 0.05) is 12.0 Å². The van der Waals surface area contributed by atoms with Crippen LogP contribution < -0.4 is 4.74 Å². The van der Waals surface area contributed by atoms with E-state index in [-0.39, 0.29) is 12.4 Å². The zero-order chi connectivity index (χ0) is 18.6. The van der Waals surface area contributed by atoms with Crippen LogP contribution in [0.1, 0.15) is 28.2 Å². The molecular weight excluding hydrogens is 366 g/mol. The van der Waals surface area contributed by atoms with E-state index in [1.807, 2.05) is 18.2 Å². The minimum absolute atomic E-state index is 0. The first-order chi connectivity index (χ1) is 13.2. The molecule has 0 bridgehead atoms. The van der Waals surface area contributed by atoms with E-state index in [0.29, 0.717) is 18.6 Å². The van der Waals surface area contributed by atoms with Gasteiger partial charge >= 0.3 is 0 Å². The lowest BCUT2D eigenvalue weighted by atomic mass is 9.90. The number of rotatable bonds is 6. The molecule has 1 aliphatic carbocycles. The summed E-state index contributed by atoms with van der Waals surface area (Å²) in [5.41, 5.74) is 5.58. The van der Waals surface area contributed by atoms with Crippen LogP contribution in [-0.2, 0) is 19.4 Å². The highest BCUT2D eigenvalue weighted by atomic mass is 35.5. The van der Waals surface area contributed by atoms with Gasteiger partial charge in [-0.2, -0.15) is 0 Å². The van der Waals surface area contributed by atoms with Crippen molar-refractivity contribution in [3.8, 4) is 5.75 Å². The molecule has 0 fully saturated rings. The molecule has 0 spiro atoms. The second-order valence-electron chi connectivity index (χ2n) is 7.66. The minimum Gasteiger partial charge on any atom is -0.489 e. The Morgan fingerprint density at radius 1 is 0.821 bits per heavy atom. The quantitative estimate of drug-likeness (QED) is 0.548. The molecule has 2 nitrogen and oxygen atoms in total. The molecule has 28 heavy (non-hydrogen) atoms. The van der Waals surface area contributed by atoms with Crippen LogP contribution in [0.5, 0.6) is 5.75 Å². The summed E-state index contributed by atoms with van der Waals surface area (Å²) in [6, 6.07) is 28.4. The summed E-state index contributed by atoms with van der Waals surface area (Å²) in [7, 11) is 4.40. The normalized spacial score (nSPS) is 17.8. The van der Waals surface area contributed by atoms with Gasteiger partial charge in [-0.25, -0.2) is 0 Å². The number of hydrogen-bond acceptors (Lipinski definition) is 2. The Bertz CT molecular complexity index is 877. The monoisotopic (exact) mass is 393 g/mol. The summed E-state index contributed by atoms with van der Waals surface area (Å²) < 4.78 is 5.92. The lowest BCUT2D eigenvalue weighted by Crippen LogP contribution is -2.32. The molecule has 4 rings (SSSR count). The molecule has 0 saturated heterocycles. The van der Waals surface area contributed by atoms with Crippen LogP contribution in [0.2, 0.25) is 0 Å². The van der Waals surface area contributed by atoms with E-state index in [1.54, 1.807) is 0 Å². The zero-order valence-electron chi connectivity index (χ0n) is 16.5. The van der Waals surface area contributed by atoms with Gasteiger partial charge in [-0.15, -0.1) is 12.4 Å². The van der Waals surface area contributed by atoms with Gasteiger partial charge in [-0.1, -0.05) is 66.7 Å². The van der Waals surface area contributed by atoms with E-state index in [4.69, 9.17) is 4.74 Å². The molecule has 3 aromatic rings.